The number of fused-ring (bicyclic) bond motifs is 1. The van der Waals surface area contributed by atoms with Gasteiger partial charge in [0.1, 0.15) is 11.9 Å². The summed E-state index contributed by atoms with van der Waals surface area (Å²) in [6.45, 7) is 0. The fourth-order valence-corrected chi connectivity index (χ4v) is 3.59. The molecule has 5 aromatic rings. The molecule has 0 unspecified atom stereocenters. The lowest BCUT2D eigenvalue weighted by Crippen LogP contribution is -1.90. The molecule has 0 saturated carbocycles. The molecule has 2 heterocycles. The number of hydrogen-bond donors (Lipinski definition) is 0. The molecule has 2 aromatic heterocycles. The molecule has 29 heavy (non-hydrogen) atoms. The summed E-state index contributed by atoms with van der Waals surface area (Å²) in [4.78, 5) is 15.9. The highest BCUT2D eigenvalue weighted by molar-refractivity contribution is 5.84. The smallest absolute Gasteiger partial charge is 0.150 e. The summed E-state index contributed by atoms with van der Waals surface area (Å²) in [5.74, 6) is 0. The minimum Gasteiger partial charge on any atom is -0.305 e. The third kappa shape index (κ3) is 3.23. The van der Waals surface area contributed by atoms with Crippen molar-refractivity contribution < 1.29 is 4.79 Å². The van der Waals surface area contributed by atoms with Gasteiger partial charge in [0.05, 0.1) is 5.69 Å². The highest BCUT2D eigenvalue weighted by atomic mass is 16.1. The van der Waals surface area contributed by atoms with E-state index in [1.807, 2.05) is 54.7 Å². The predicted octanol–water partition coefficient (Wildman–Crippen LogP) is 6.15. The number of pyridine rings is 1. The molecule has 0 N–H and O–H groups in total. The first-order valence-corrected chi connectivity index (χ1v) is 9.51. The molecule has 0 spiro atoms. The fourth-order valence-electron chi connectivity index (χ4n) is 3.59. The first kappa shape index (κ1) is 17.1. The molecule has 138 valence electrons. The number of aromatic nitrogens is 2. The number of imidazole rings is 1. The fraction of sp³-hybridized carbons (Fsp3) is 0. The normalized spacial score (nSPS) is 10.9. The van der Waals surface area contributed by atoms with Crippen molar-refractivity contribution in [2.75, 3.05) is 0 Å². The van der Waals surface area contributed by atoms with Crippen LogP contribution in [0.4, 0.5) is 0 Å². The second-order valence-corrected chi connectivity index (χ2v) is 6.97. The molecule has 0 aliphatic carbocycles. The molecular weight excluding hydrogens is 356 g/mol. The minimum atomic E-state index is 0.661. The largest absolute Gasteiger partial charge is 0.305 e. The van der Waals surface area contributed by atoms with Gasteiger partial charge in [0, 0.05) is 29.1 Å². The summed E-state index contributed by atoms with van der Waals surface area (Å²) in [6, 6.07) is 30.4. The van der Waals surface area contributed by atoms with Gasteiger partial charge in [0.15, 0.2) is 0 Å². The number of carbonyl (C=O) groups excluding carboxylic acids is 1. The van der Waals surface area contributed by atoms with E-state index in [4.69, 9.17) is 4.98 Å². The van der Waals surface area contributed by atoms with E-state index in [0.717, 1.165) is 45.4 Å². The third-order valence-corrected chi connectivity index (χ3v) is 5.09. The van der Waals surface area contributed by atoms with Crippen molar-refractivity contribution in [2.24, 2.45) is 0 Å². The van der Waals surface area contributed by atoms with Crippen molar-refractivity contribution in [3.05, 3.63) is 109 Å². The van der Waals surface area contributed by atoms with Gasteiger partial charge in [-0.05, 0) is 22.8 Å². The summed E-state index contributed by atoms with van der Waals surface area (Å²) in [5, 5.41) is 0. The van der Waals surface area contributed by atoms with Crippen LogP contribution in [-0.2, 0) is 0 Å². The van der Waals surface area contributed by atoms with E-state index >= 15 is 0 Å². The zero-order chi connectivity index (χ0) is 19.6. The number of nitrogens with zero attached hydrogens (tertiary/aromatic N) is 2. The van der Waals surface area contributed by atoms with Crippen molar-refractivity contribution in [1.29, 1.82) is 0 Å². The summed E-state index contributed by atoms with van der Waals surface area (Å²) >= 11 is 0. The van der Waals surface area contributed by atoms with Gasteiger partial charge in [0.2, 0.25) is 0 Å². The molecule has 0 fully saturated rings. The summed E-state index contributed by atoms with van der Waals surface area (Å²) in [6.07, 6.45) is 5.02. The van der Waals surface area contributed by atoms with E-state index in [0.29, 0.717) is 5.56 Å². The van der Waals surface area contributed by atoms with E-state index < -0.39 is 0 Å². The zero-order valence-corrected chi connectivity index (χ0v) is 15.7. The minimum absolute atomic E-state index is 0.661. The van der Waals surface area contributed by atoms with Gasteiger partial charge < -0.3 is 4.40 Å². The van der Waals surface area contributed by atoms with Crippen molar-refractivity contribution in [3.63, 3.8) is 0 Å². The van der Waals surface area contributed by atoms with E-state index in [2.05, 4.69) is 53.1 Å². The van der Waals surface area contributed by atoms with Gasteiger partial charge in [-0.1, -0.05) is 84.9 Å². The summed E-state index contributed by atoms with van der Waals surface area (Å²) < 4.78 is 2.09. The average Bonchev–Trinajstić information content (AvgIpc) is 3.24. The van der Waals surface area contributed by atoms with Crippen LogP contribution >= 0.6 is 0 Å². The van der Waals surface area contributed by atoms with Crippen LogP contribution in [0.3, 0.4) is 0 Å². The highest BCUT2D eigenvalue weighted by Gasteiger charge is 2.12. The zero-order valence-electron chi connectivity index (χ0n) is 15.7. The van der Waals surface area contributed by atoms with Crippen molar-refractivity contribution >= 4 is 11.9 Å². The van der Waals surface area contributed by atoms with Crippen LogP contribution in [0, 0.1) is 0 Å². The highest BCUT2D eigenvalue weighted by Crippen LogP contribution is 2.31. The standard InChI is InChI=1S/C26H18N2O/c29-18-19-11-13-22(14-12-19)25-17-28-16-23(20-7-3-1-4-8-20)15-24(26(28)27-25)21-9-5-2-6-10-21/h1-18H. The van der Waals surface area contributed by atoms with E-state index in [1.165, 1.54) is 0 Å². The maximum atomic E-state index is 10.9. The van der Waals surface area contributed by atoms with Gasteiger partial charge in [-0.15, -0.1) is 0 Å². The topological polar surface area (TPSA) is 34.4 Å². The summed E-state index contributed by atoms with van der Waals surface area (Å²) in [7, 11) is 0. The Kier molecular flexibility index (Phi) is 4.26. The maximum absolute atomic E-state index is 10.9. The van der Waals surface area contributed by atoms with Crippen LogP contribution in [0.1, 0.15) is 10.4 Å². The van der Waals surface area contributed by atoms with Crippen LogP contribution in [0.2, 0.25) is 0 Å². The van der Waals surface area contributed by atoms with Crippen LogP contribution in [0.25, 0.3) is 39.2 Å². The van der Waals surface area contributed by atoms with Gasteiger partial charge in [-0.2, -0.15) is 0 Å². The Morgan fingerprint density at radius 3 is 1.97 bits per heavy atom. The molecule has 5 rings (SSSR count). The molecule has 3 aromatic carbocycles. The Morgan fingerprint density at radius 1 is 0.655 bits per heavy atom. The quantitative estimate of drug-likeness (QED) is 0.354. The Morgan fingerprint density at radius 2 is 1.31 bits per heavy atom. The van der Waals surface area contributed by atoms with Crippen LogP contribution in [0.5, 0.6) is 0 Å². The lowest BCUT2D eigenvalue weighted by Gasteiger charge is -2.09. The molecule has 0 radical (unpaired) electrons. The van der Waals surface area contributed by atoms with Crippen LogP contribution in [0.15, 0.2) is 103 Å². The Hall–Kier alpha value is -3.98. The van der Waals surface area contributed by atoms with E-state index in [-0.39, 0.29) is 0 Å². The SMILES string of the molecule is O=Cc1ccc(-c2cn3cc(-c4ccccc4)cc(-c4ccccc4)c3n2)cc1. The molecule has 0 amide bonds. The van der Waals surface area contributed by atoms with E-state index in [9.17, 15) is 4.79 Å². The van der Waals surface area contributed by atoms with Crippen molar-refractivity contribution in [1.82, 2.24) is 9.38 Å². The van der Waals surface area contributed by atoms with Crippen LogP contribution in [-0.4, -0.2) is 15.7 Å². The Labute approximate surface area is 168 Å². The molecule has 3 nitrogen and oxygen atoms in total. The number of carbonyl (C=O) groups is 1. The number of benzene rings is 3. The lowest BCUT2D eigenvalue weighted by molar-refractivity contribution is 0.112. The predicted molar refractivity (Wildman–Crippen MR) is 117 cm³/mol. The van der Waals surface area contributed by atoms with Gasteiger partial charge in [-0.3, -0.25) is 4.79 Å². The van der Waals surface area contributed by atoms with E-state index in [1.54, 1.807) is 0 Å². The molecule has 0 aliphatic rings. The van der Waals surface area contributed by atoms with Gasteiger partial charge in [0.25, 0.3) is 0 Å². The molecule has 0 atom stereocenters. The monoisotopic (exact) mass is 374 g/mol. The van der Waals surface area contributed by atoms with Crippen molar-refractivity contribution in [2.45, 2.75) is 0 Å². The molecule has 0 bridgehead atoms. The molecular formula is C26H18N2O. The Bertz CT molecular complexity index is 1290. The van der Waals surface area contributed by atoms with Gasteiger partial charge >= 0.3 is 0 Å². The molecule has 0 saturated heterocycles. The van der Waals surface area contributed by atoms with Crippen molar-refractivity contribution in [3.8, 4) is 33.5 Å². The van der Waals surface area contributed by atoms with Gasteiger partial charge in [-0.25, -0.2) is 4.98 Å². The first-order valence-electron chi connectivity index (χ1n) is 9.51. The van der Waals surface area contributed by atoms with Crippen LogP contribution < -0.4 is 0 Å². The number of hydrogen-bond acceptors (Lipinski definition) is 2. The first-order chi connectivity index (χ1) is 14.3. The molecule has 3 heteroatoms. The Balaban J connectivity index is 1.73. The molecule has 0 aliphatic heterocycles. The average molecular weight is 374 g/mol. The second-order valence-electron chi connectivity index (χ2n) is 6.97. The maximum Gasteiger partial charge on any atom is 0.150 e. The second kappa shape index (κ2) is 7.21. The third-order valence-electron chi connectivity index (χ3n) is 5.09. The number of aldehydes is 1. The lowest BCUT2D eigenvalue weighted by atomic mass is 10.0. The number of rotatable bonds is 4. The summed E-state index contributed by atoms with van der Waals surface area (Å²) in [5.41, 5.74) is 7.95.